The van der Waals surface area contributed by atoms with Gasteiger partial charge in [0, 0.05) is 28.5 Å². The SMILES string of the molecule is CCC(CC/N=C1/SC(C)(C)CN1C(=S)Nc1cccc(Cl)c1)CC(C)C1CC1. The molecule has 160 valence electrons. The van der Waals surface area contributed by atoms with E-state index in [1.807, 2.05) is 36.0 Å². The molecule has 1 saturated carbocycles. The lowest BCUT2D eigenvalue weighted by Gasteiger charge is -2.22. The van der Waals surface area contributed by atoms with Crippen LogP contribution in [0, 0.1) is 17.8 Å². The van der Waals surface area contributed by atoms with E-state index in [4.69, 9.17) is 28.8 Å². The van der Waals surface area contributed by atoms with Gasteiger partial charge in [0.05, 0.1) is 0 Å². The lowest BCUT2D eigenvalue weighted by Crippen LogP contribution is -2.37. The molecule has 0 amide bonds. The van der Waals surface area contributed by atoms with Crippen molar-refractivity contribution in [1.82, 2.24) is 4.90 Å². The summed E-state index contributed by atoms with van der Waals surface area (Å²) >= 11 is 13.7. The zero-order valence-electron chi connectivity index (χ0n) is 18.1. The van der Waals surface area contributed by atoms with E-state index in [1.165, 1.54) is 32.1 Å². The summed E-state index contributed by atoms with van der Waals surface area (Å²) < 4.78 is 0.101. The number of rotatable bonds is 8. The first-order valence-corrected chi connectivity index (χ1v) is 12.4. The van der Waals surface area contributed by atoms with E-state index in [2.05, 4.69) is 37.9 Å². The van der Waals surface area contributed by atoms with E-state index >= 15 is 0 Å². The number of nitrogens with zero attached hydrogens (tertiary/aromatic N) is 2. The predicted molar refractivity (Wildman–Crippen MR) is 133 cm³/mol. The van der Waals surface area contributed by atoms with Gasteiger partial charge < -0.3 is 5.32 Å². The smallest absolute Gasteiger partial charge is 0.179 e. The van der Waals surface area contributed by atoms with Gasteiger partial charge >= 0.3 is 0 Å². The second-order valence-electron chi connectivity index (χ2n) is 9.17. The van der Waals surface area contributed by atoms with Gasteiger partial charge in [-0.1, -0.05) is 49.7 Å². The highest BCUT2D eigenvalue weighted by atomic mass is 35.5. The Bertz CT molecular complexity index is 745. The van der Waals surface area contributed by atoms with E-state index < -0.39 is 0 Å². The molecule has 0 bridgehead atoms. The van der Waals surface area contributed by atoms with Crippen molar-refractivity contribution in [2.45, 2.75) is 64.5 Å². The highest BCUT2D eigenvalue weighted by molar-refractivity contribution is 8.15. The van der Waals surface area contributed by atoms with E-state index in [9.17, 15) is 0 Å². The minimum atomic E-state index is 0.101. The number of amidine groups is 1. The average molecular weight is 452 g/mol. The van der Waals surface area contributed by atoms with Gasteiger partial charge in [-0.25, -0.2) is 0 Å². The number of halogens is 1. The fourth-order valence-electron chi connectivity index (χ4n) is 4.03. The van der Waals surface area contributed by atoms with Crippen LogP contribution in [0.2, 0.25) is 5.02 Å². The zero-order valence-corrected chi connectivity index (χ0v) is 20.5. The summed E-state index contributed by atoms with van der Waals surface area (Å²) in [7, 11) is 0. The number of thioether (sulfide) groups is 1. The van der Waals surface area contributed by atoms with Crippen LogP contribution in [0.15, 0.2) is 29.3 Å². The molecule has 1 heterocycles. The molecule has 0 spiro atoms. The first kappa shape index (κ1) is 22.9. The van der Waals surface area contributed by atoms with Crippen molar-refractivity contribution >= 4 is 51.5 Å². The average Bonchev–Trinajstić information content (AvgIpc) is 3.45. The Kier molecular flexibility index (Phi) is 7.91. The van der Waals surface area contributed by atoms with Gasteiger partial charge in [-0.15, -0.1) is 0 Å². The number of hydrogen-bond acceptors (Lipinski definition) is 3. The molecule has 1 saturated heterocycles. The molecule has 2 atom stereocenters. The van der Waals surface area contributed by atoms with Crippen LogP contribution >= 0.6 is 35.6 Å². The molecule has 1 aromatic carbocycles. The van der Waals surface area contributed by atoms with E-state index in [-0.39, 0.29) is 4.75 Å². The third kappa shape index (κ3) is 6.86. The molecule has 2 unspecified atom stereocenters. The highest BCUT2D eigenvalue weighted by Crippen LogP contribution is 2.40. The summed E-state index contributed by atoms with van der Waals surface area (Å²) in [5.41, 5.74) is 0.914. The highest BCUT2D eigenvalue weighted by Gasteiger charge is 2.37. The molecule has 0 radical (unpaired) electrons. The molecule has 1 aliphatic heterocycles. The van der Waals surface area contributed by atoms with E-state index in [0.29, 0.717) is 10.1 Å². The quantitative estimate of drug-likeness (QED) is 0.427. The molecule has 0 aromatic heterocycles. The fraction of sp³-hybridized carbons (Fsp3) is 0.652. The van der Waals surface area contributed by atoms with Crippen LogP contribution in [0.25, 0.3) is 0 Å². The second-order valence-corrected chi connectivity index (χ2v) is 11.7. The van der Waals surface area contributed by atoms with Crippen molar-refractivity contribution in [2.24, 2.45) is 22.7 Å². The van der Waals surface area contributed by atoms with Crippen molar-refractivity contribution in [3.8, 4) is 0 Å². The number of aliphatic imine (C=N–C) groups is 1. The number of nitrogens with one attached hydrogen (secondary N) is 1. The molecule has 1 aliphatic carbocycles. The Balaban J connectivity index is 1.59. The third-order valence-electron chi connectivity index (χ3n) is 5.95. The summed E-state index contributed by atoms with van der Waals surface area (Å²) in [4.78, 5) is 7.14. The normalized spacial score (nSPS) is 22.0. The molecule has 6 heteroatoms. The molecule has 29 heavy (non-hydrogen) atoms. The maximum absolute atomic E-state index is 6.11. The number of thiocarbonyl (C=S) groups is 1. The summed E-state index contributed by atoms with van der Waals surface area (Å²) in [6.45, 7) is 11.0. The Morgan fingerprint density at radius 3 is 2.83 bits per heavy atom. The lowest BCUT2D eigenvalue weighted by atomic mass is 9.88. The molecule has 1 N–H and O–H groups in total. The van der Waals surface area contributed by atoms with Crippen LogP contribution in [0.3, 0.4) is 0 Å². The van der Waals surface area contributed by atoms with Crippen LogP contribution in [0.1, 0.15) is 59.8 Å². The van der Waals surface area contributed by atoms with Crippen molar-refractivity contribution in [1.29, 1.82) is 0 Å². The summed E-state index contributed by atoms with van der Waals surface area (Å²) in [5.74, 6) is 2.64. The van der Waals surface area contributed by atoms with Crippen molar-refractivity contribution in [2.75, 3.05) is 18.4 Å². The Labute approximate surface area is 191 Å². The Morgan fingerprint density at radius 2 is 2.17 bits per heavy atom. The monoisotopic (exact) mass is 451 g/mol. The standard InChI is InChI=1S/C23H34ClN3S2/c1-5-17(13-16(2)18-9-10-18)11-12-25-22-27(15-23(3,4)29-22)21(28)26-20-8-6-7-19(24)14-20/h6-8,14,16-18H,5,9-13,15H2,1-4H3,(H,26,28)/b25-22+. The maximum atomic E-state index is 6.11. The van der Waals surface area contributed by atoms with Gasteiger partial charge in [-0.2, -0.15) is 0 Å². The summed E-state index contributed by atoms with van der Waals surface area (Å²) in [6, 6.07) is 7.67. The number of benzene rings is 1. The molecule has 2 fully saturated rings. The largest absolute Gasteiger partial charge is 0.332 e. The van der Waals surface area contributed by atoms with Gasteiger partial charge in [0.1, 0.15) is 0 Å². The summed E-state index contributed by atoms with van der Waals surface area (Å²) in [6.07, 6.45) is 6.65. The topological polar surface area (TPSA) is 27.6 Å². The minimum absolute atomic E-state index is 0.101. The number of anilines is 1. The van der Waals surface area contributed by atoms with Crippen LogP contribution in [-0.4, -0.2) is 33.0 Å². The minimum Gasteiger partial charge on any atom is -0.332 e. The molecule has 2 aliphatic rings. The fourth-order valence-corrected chi connectivity index (χ4v) is 5.66. The van der Waals surface area contributed by atoms with Crippen LogP contribution < -0.4 is 5.32 Å². The molecular formula is C23H34ClN3S2. The van der Waals surface area contributed by atoms with Crippen LogP contribution in [0.5, 0.6) is 0 Å². The maximum Gasteiger partial charge on any atom is 0.179 e. The first-order valence-electron chi connectivity index (χ1n) is 10.8. The first-order chi connectivity index (χ1) is 13.8. The molecule has 3 rings (SSSR count). The van der Waals surface area contributed by atoms with Crippen LogP contribution in [0.4, 0.5) is 5.69 Å². The zero-order chi connectivity index (χ0) is 21.0. The Hall–Kier alpha value is -0.780. The van der Waals surface area contributed by atoms with Crippen molar-refractivity contribution in [3.63, 3.8) is 0 Å². The van der Waals surface area contributed by atoms with Gasteiger partial charge in [-0.05, 0) is 87.7 Å². The third-order valence-corrected chi connectivity index (χ3v) is 7.72. The molecule has 3 nitrogen and oxygen atoms in total. The second kappa shape index (κ2) is 10.0. The molecule has 1 aromatic rings. The van der Waals surface area contributed by atoms with Crippen molar-refractivity contribution in [3.05, 3.63) is 29.3 Å². The molecular weight excluding hydrogens is 418 g/mol. The van der Waals surface area contributed by atoms with Gasteiger partial charge in [-0.3, -0.25) is 9.89 Å². The van der Waals surface area contributed by atoms with Crippen molar-refractivity contribution < 1.29 is 0 Å². The lowest BCUT2D eigenvalue weighted by molar-refractivity contribution is 0.339. The summed E-state index contributed by atoms with van der Waals surface area (Å²) in [5, 5.41) is 5.76. The van der Waals surface area contributed by atoms with Gasteiger partial charge in [0.25, 0.3) is 0 Å². The predicted octanol–water partition coefficient (Wildman–Crippen LogP) is 7.07. The number of hydrogen-bond donors (Lipinski definition) is 1. The van der Waals surface area contributed by atoms with Gasteiger partial charge in [0.15, 0.2) is 10.3 Å². The van der Waals surface area contributed by atoms with Gasteiger partial charge in [0.2, 0.25) is 0 Å². The van der Waals surface area contributed by atoms with E-state index in [1.54, 1.807) is 0 Å². The van der Waals surface area contributed by atoms with Crippen LogP contribution in [-0.2, 0) is 0 Å². The van der Waals surface area contributed by atoms with E-state index in [0.717, 1.165) is 41.7 Å². The Morgan fingerprint density at radius 1 is 1.41 bits per heavy atom.